The SMILES string of the molecule is CC(C)(C)NC(N)=NC1CC(F)(c2cccc(Cl)c2)C1. The standard InChI is InChI=1S/C15H21ClFN3/c1-14(2,3)20-13(18)19-12-8-15(17,9-12)10-5-4-6-11(16)7-10/h4-7,12H,8-9H2,1-3H3,(H3,18,19,20). The van der Waals surface area contributed by atoms with E-state index in [1.54, 1.807) is 24.3 Å². The van der Waals surface area contributed by atoms with Crippen molar-refractivity contribution in [1.82, 2.24) is 5.32 Å². The molecule has 3 N–H and O–H groups in total. The van der Waals surface area contributed by atoms with E-state index in [4.69, 9.17) is 17.3 Å². The maximum Gasteiger partial charge on any atom is 0.189 e. The van der Waals surface area contributed by atoms with E-state index in [1.165, 1.54) is 0 Å². The van der Waals surface area contributed by atoms with Crippen molar-refractivity contribution in [3.8, 4) is 0 Å². The fraction of sp³-hybridized carbons (Fsp3) is 0.533. The van der Waals surface area contributed by atoms with Crippen LogP contribution in [-0.2, 0) is 5.67 Å². The molecule has 0 aliphatic heterocycles. The molecular weight excluding hydrogens is 277 g/mol. The first-order valence-electron chi connectivity index (χ1n) is 6.74. The van der Waals surface area contributed by atoms with Gasteiger partial charge in [0, 0.05) is 23.4 Å². The Kier molecular flexibility index (Phi) is 3.96. The number of nitrogens with zero attached hydrogens (tertiary/aromatic N) is 1. The Morgan fingerprint density at radius 1 is 1.45 bits per heavy atom. The molecule has 1 aliphatic carbocycles. The lowest BCUT2D eigenvalue weighted by Crippen LogP contribution is -2.47. The van der Waals surface area contributed by atoms with E-state index >= 15 is 0 Å². The van der Waals surface area contributed by atoms with Gasteiger partial charge in [-0.25, -0.2) is 9.38 Å². The third-order valence-corrected chi connectivity index (χ3v) is 3.52. The number of aliphatic imine (C=N–C) groups is 1. The summed E-state index contributed by atoms with van der Waals surface area (Å²) >= 11 is 5.90. The fourth-order valence-electron chi connectivity index (χ4n) is 2.39. The van der Waals surface area contributed by atoms with Crippen LogP contribution in [0.2, 0.25) is 5.02 Å². The summed E-state index contributed by atoms with van der Waals surface area (Å²) < 4.78 is 14.7. The number of rotatable bonds is 2. The van der Waals surface area contributed by atoms with Crippen LogP contribution >= 0.6 is 11.6 Å². The Morgan fingerprint density at radius 2 is 2.10 bits per heavy atom. The molecule has 0 amide bonds. The quantitative estimate of drug-likeness (QED) is 0.649. The highest BCUT2D eigenvalue weighted by Crippen LogP contribution is 2.47. The Hall–Kier alpha value is -1.29. The van der Waals surface area contributed by atoms with Gasteiger partial charge in [0.05, 0.1) is 6.04 Å². The second-order valence-electron chi connectivity index (χ2n) is 6.43. The van der Waals surface area contributed by atoms with Crippen LogP contribution in [0.25, 0.3) is 0 Å². The van der Waals surface area contributed by atoms with Gasteiger partial charge in [0.1, 0.15) is 5.67 Å². The van der Waals surface area contributed by atoms with Crippen molar-refractivity contribution >= 4 is 17.6 Å². The van der Waals surface area contributed by atoms with Crippen LogP contribution in [0.5, 0.6) is 0 Å². The fourth-order valence-corrected chi connectivity index (χ4v) is 2.58. The van der Waals surface area contributed by atoms with E-state index in [-0.39, 0.29) is 11.6 Å². The Bertz CT molecular complexity index is 516. The van der Waals surface area contributed by atoms with Crippen molar-refractivity contribution in [2.24, 2.45) is 10.7 Å². The van der Waals surface area contributed by atoms with E-state index in [2.05, 4.69) is 10.3 Å². The molecule has 2 rings (SSSR count). The summed E-state index contributed by atoms with van der Waals surface area (Å²) in [6.45, 7) is 6.00. The van der Waals surface area contributed by atoms with E-state index in [0.29, 0.717) is 29.4 Å². The van der Waals surface area contributed by atoms with Crippen LogP contribution in [-0.4, -0.2) is 17.5 Å². The molecule has 3 nitrogen and oxygen atoms in total. The zero-order chi connectivity index (χ0) is 15.0. The molecule has 0 bridgehead atoms. The number of guanidine groups is 1. The van der Waals surface area contributed by atoms with Crippen LogP contribution in [0.15, 0.2) is 29.3 Å². The molecule has 0 unspecified atom stereocenters. The lowest BCUT2D eigenvalue weighted by atomic mass is 9.73. The normalized spacial score (nSPS) is 27.1. The van der Waals surface area contributed by atoms with Gasteiger partial charge in [0.25, 0.3) is 0 Å². The molecule has 0 radical (unpaired) electrons. The molecule has 0 aromatic heterocycles. The van der Waals surface area contributed by atoms with Gasteiger partial charge in [0.15, 0.2) is 5.96 Å². The number of benzene rings is 1. The minimum atomic E-state index is -1.33. The van der Waals surface area contributed by atoms with Crippen molar-refractivity contribution in [2.75, 3.05) is 0 Å². The van der Waals surface area contributed by atoms with Gasteiger partial charge in [0.2, 0.25) is 0 Å². The third kappa shape index (κ3) is 3.63. The van der Waals surface area contributed by atoms with Gasteiger partial charge in [-0.1, -0.05) is 23.7 Å². The second-order valence-corrected chi connectivity index (χ2v) is 6.86. The highest BCUT2D eigenvalue weighted by molar-refractivity contribution is 6.30. The lowest BCUT2D eigenvalue weighted by molar-refractivity contribution is 0.0413. The number of nitrogens with one attached hydrogen (secondary N) is 1. The summed E-state index contributed by atoms with van der Waals surface area (Å²) in [5, 5.41) is 3.63. The van der Waals surface area contributed by atoms with Gasteiger partial charge < -0.3 is 11.1 Å². The molecule has 0 atom stereocenters. The summed E-state index contributed by atoms with van der Waals surface area (Å²) in [7, 11) is 0. The van der Waals surface area contributed by atoms with Crippen LogP contribution in [0.3, 0.4) is 0 Å². The van der Waals surface area contributed by atoms with E-state index in [0.717, 1.165) is 0 Å². The van der Waals surface area contributed by atoms with Gasteiger partial charge in [-0.15, -0.1) is 0 Å². The predicted octanol–water partition coefficient (Wildman–Crippen LogP) is 3.37. The zero-order valence-electron chi connectivity index (χ0n) is 12.1. The molecule has 1 aromatic carbocycles. The number of hydrogen-bond donors (Lipinski definition) is 2. The van der Waals surface area contributed by atoms with Crippen molar-refractivity contribution in [3.05, 3.63) is 34.9 Å². The lowest BCUT2D eigenvalue weighted by Gasteiger charge is -2.40. The first-order valence-corrected chi connectivity index (χ1v) is 7.12. The average molecular weight is 298 g/mol. The van der Waals surface area contributed by atoms with E-state index < -0.39 is 5.67 Å². The topological polar surface area (TPSA) is 50.4 Å². The van der Waals surface area contributed by atoms with Crippen molar-refractivity contribution in [2.45, 2.75) is 50.9 Å². The van der Waals surface area contributed by atoms with Crippen LogP contribution in [0.1, 0.15) is 39.2 Å². The number of nitrogens with two attached hydrogens (primary N) is 1. The molecule has 110 valence electrons. The Balaban J connectivity index is 1.98. The summed E-state index contributed by atoms with van der Waals surface area (Å²) in [6, 6.07) is 6.88. The average Bonchev–Trinajstić information content (AvgIpc) is 2.24. The summed E-state index contributed by atoms with van der Waals surface area (Å²) in [5.41, 5.74) is 4.97. The predicted molar refractivity (Wildman–Crippen MR) is 81.8 cm³/mol. The molecule has 1 aliphatic rings. The van der Waals surface area contributed by atoms with Crippen molar-refractivity contribution in [1.29, 1.82) is 0 Å². The molecular formula is C15H21ClFN3. The molecule has 1 aromatic rings. The highest BCUT2D eigenvalue weighted by Gasteiger charge is 2.46. The third-order valence-electron chi connectivity index (χ3n) is 3.29. The van der Waals surface area contributed by atoms with Crippen LogP contribution < -0.4 is 11.1 Å². The Morgan fingerprint density at radius 3 is 2.65 bits per heavy atom. The van der Waals surface area contributed by atoms with E-state index in [1.807, 2.05) is 20.8 Å². The molecule has 5 heteroatoms. The van der Waals surface area contributed by atoms with Gasteiger partial charge >= 0.3 is 0 Å². The number of alkyl halides is 1. The summed E-state index contributed by atoms with van der Waals surface area (Å²) in [6.07, 6.45) is 0.694. The van der Waals surface area contributed by atoms with E-state index in [9.17, 15) is 4.39 Å². The van der Waals surface area contributed by atoms with Crippen LogP contribution in [0, 0.1) is 0 Å². The minimum absolute atomic E-state index is 0.0752. The number of halogens is 2. The molecule has 0 heterocycles. The molecule has 1 fully saturated rings. The first kappa shape index (κ1) is 15.1. The van der Waals surface area contributed by atoms with Crippen molar-refractivity contribution in [3.63, 3.8) is 0 Å². The first-order chi connectivity index (χ1) is 9.18. The summed E-state index contributed by atoms with van der Waals surface area (Å²) in [5.74, 6) is 0.371. The Labute approximate surface area is 124 Å². The van der Waals surface area contributed by atoms with Gasteiger partial charge in [-0.3, -0.25) is 0 Å². The number of hydrogen-bond acceptors (Lipinski definition) is 1. The molecule has 20 heavy (non-hydrogen) atoms. The monoisotopic (exact) mass is 297 g/mol. The highest BCUT2D eigenvalue weighted by atomic mass is 35.5. The smallest absolute Gasteiger partial charge is 0.189 e. The largest absolute Gasteiger partial charge is 0.370 e. The molecule has 0 saturated heterocycles. The second kappa shape index (κ2) is 5.24. The van der Waals surface area contributed by atoms with Crippen molar-refractivity contribution < 1.29 is 4.39 Å². The van der Waals surface area contributed by atoms with Gasteiger partial charge in [-0.05, 0) is 38.5 Å². The minimum Gasteiger partial charge on any atom is -0.370 e. The zero-order valence-corrected chi connectivity index (χ0v) is 12.8. The van der Waals surface area contributed by atoms with Crippen LogP contribution in [0.4, 0.5) is 4.39 Å². The maximum absolute atomic E-state index is 14.7. The molecule has 1 saturated carbocycles. The molecule has 0 spiro atoms. The maximum atomic E-state index is 14.7. The summed E-state index contributed by atoms with van der Waals surface area (Å²) in [4.78, 5) is 4.32. The van der Waals surface area contributed by atoms with Gasteiger partial charge in [-0.2, -0.15) is 0 Å².